The van der Waals surface area contributed by atoms with Gasteiger partial charge in [-0.15, -0.1) is 22.7 Å². The number of hydrogen-bond donors (Lipinski definition) is 0. The molecule has 0 amide bonds. The number of hydrogen-bond acceptors (Lipinski definition) is 3. The van der Waals surface area contributed by atoms with Crippen molar-refractivity contribution in [3.63, 3.8) is 0 Å². The fourth-order valence-corrected chi connectivity index (χ4v) is 10.9. The van der Waals surface area contributed by atoms with Gasteiger partial charge in [0.1, 0.15) is 0 Å². The largest absolute Gasteiger partial charge is 0.376 e. The van der Waals surface area contributed by atoms with Crippen molar-refractivity contribution in [1.29, 1.82) is 0 Å². The fraction of sp³-hybridized carbons (Fsp3) is 0. The van der Waals surface area contributed by atoms with E-state index in [2.05, 4.69) is 187 Å². The third-order valence-corrected chi connectivity index (χ3v) is 13.2. The van der Waals surface area contributed by atoms with Crippen molar-refractivity contribution in [2.24, 2.45) is 0 Å². The number of para-hydroxylation sites is 1. The minimum atomic E-state index is 0.0112. The van der Waals surface area contributed by atoms with Gasteiger partial charge in [-0.3, -0.25) is 0 Å². The van der Waals surface area contributed by atoms with Crippen LogP contribution in [-0.2, 0) is 0 Å². The molecule has 4 heteroatoms. The summed E-state index contributed by atoms with van der Waals surface area (Å²) in [4.78, 5) is 2.54. The van der Waals surface area contributed by atoms with Crippen molar-refractivity contribution in [3.05, 3.63) is 182 Å². The molecule has 10 aromatic rings. The van der Waals surface area contributed by atoms with Gasteiger partial charge in [-0.25, -0.2) is 0 Å². The van der Waals surface area contributed by atoms with E-state index in [9.17, 15) is 0 Å². The lowest BCUT2D eigenvalue weighted by Gasteiger charge is -2.39. The molecule has 1 aliphatic rings. The molecule has 0 atom stereocenters. The number of thiophene rings is 2. The predicted molar refractivity (Wildman–Crippen MR) is 229 cm³/mol. The molecule has 1 nitrogen and oxygen atoms in total. The smallest absolute Gasteiger partial charge is 0.328 e. The summed E-state index contributed by atoms with van der Waals surface area (Å²) in [6.07, 6.45) is 0. The average Bonchev–Trinajstić information content (AvgIpc) is 3.79. The van der Waals surface area contributed by atoms with Gasteiger partial charge in [0.25, 0.3) is 0 Å². The van der Waals surface area contributed by atoms with Crippen LogP contribution < -0.4 is 15.7 Å². The molecule has 1 aliphatic heterocycles. The highest BCUT2D eigenvalue weighted by molar-refractivity contribution is 7.26. The molecular weight excluding hydrogens is 665 g/mol. The van der Waals surface area contributed by atoms with Crippen molar-refractivity contribution in [3.8, 4) is 33.4 Å². The van der Waals surface area contributed by atoms with Crippen molar-refractivity contribution in [1.82, 2.24) is 0 Å². The molecule has 0 aliphatic carbocycles. The highest BCUT2D eigenvalue weighted by Crippen LogP contribution is 2.46. The maximum Gasteiger partial charge on any atom is 0.328 e. The van der Waals surface area contributed by atoms with E-state index >= 15 is 0 Å². The highest BCUT2D eigenvalue weighted by Gasteiger charge is 2.37. The van der Waals surface area contributed by atoms with E-state index in [1.807, 2.05) is 22.7 Å². The van der Waals surface area contributed by atoms with Gasteiger partial charge in [0.05, 0.1) is 0 Å². The zero-order valence-corrected chi connectivity index (χ0v) is 29.8. The zero-order chi connectivity index (χ0) is 34.2. The zero-order valence-electron chi connectivity index (χ0n) is 28.2. The molecule has 0 N–H and O–H groups in total. The third kappa shape index (κ3) is 4.55. The van der Waals surface area contributed by atoms with Crippen LogP contribution in [0.1, 0.15) is 0 Å². The summed E-state index contributed by atoms with van der Waals surface area (Å²) in [5.74, 6) is 0. The Hall–Kier alpha value is -5.94. The summed E-state index contributed by atoms with van der Waals surface area (Å²) >= 11 is 3.79. The van der Waals surface area contributed by atoms with E-state index < -0.39 is 0 Å². The number of nitrogens with zero attached hydrogens (tertiary/aromatic N) is 1. The van der Waals surface area contributed by atoms with Crippen LogP contribution >= 0.6 is 22.7 Å². The number of fused-ring (bicyclic) bond motifs is 9. The summed E-state index contributed by atoms with van der Waals surface area (Å²) in [6, 6.07) is 67.4. The lowest BCUT2D eigenvalue weighted by atomic mass is 9.45. The van der Waals surface area contributed by atoms with Crippen LogP contribution in [0.5, 0.6) is 0 Å². The van der Waals surface area contributed by atoms with Gasteiger partial charge in [0, 0.05) is 57.3 Å². The predicted octanol–water partition coefficient (Wildman–Crippen LogP) is 12.7. The third-order valence-electron chi connectivity index (χ3n) is 10.7. The number of benzene rings is 8. The fourth-order valence-electron chi connectivity index (χ4n) is 8.39. The minimum absolute atomic E-state index is 0.0112. The maximum atomic E-state index is 2.54. The van der Waals surface area contributed by atoms with Crippen LogP contribution in [0.4, 0.5) is 11.4 Å². The van der Waals surface area contributed by atoms with Crippen molar-refractivity contribution in [2.45, 2.75) is 0 Å². The van der Waals surface area contributed by atoms with E-state index in [-0.39, 0.29) is 6.85 Å². The Labute approximate surface area is 310 Å². The van der Waals surface area contributed by atoms with Crippen LogP contribution in [-0.4, -0.2) is 6.85 Å². The van der Waals surface area contributed by atoms with Gasteiger partial charge in [0.2, 0.25) is 0 Å². The Balaban J connectivity index is 1.18. The van der Waals surface area contributed by atoms with Crippen LogP contribution in [0.2, 0.25) is 0 Å². The van der Waals surface area contributed by atoms with Crippen molar-refractivity contribution >= 4 is 92.2 Å². The molecule has 0 unspecified atom stereocenters. The van der Waals surface area contributed by atoms with Gasteiger partial charge in [0.15, 0.2) is 0 Å². The van der Waals surface area contributed by atoms with Gasteiger partial charge in [-0.1, -0.05) is 145 Å². The molecule has 0 spiro atoms. The second-order valence-electron chi connectivity index (χ2n) is 13.6. The summed E-state index contributed by atoms with van der Waals surface area (Å²) in [7, 11) is 0. The first-order valence-electron chi connectivity index (χ1n) is 17.8. The molecule has 2 aromatic heterocycles. The van der Waals surface area contributed by atoms with Gasteiger partial charge >= 0.3 is 6.85 Å². The second-order valence-corrected chi connectivity index (χ2v) is 15.7. The van der Waals surface area contributed by atoms with Gasteiger partial charge in [-0.05, 0) is 75.7 Å². The molecule has 3 heterocycles. The van der Waals surface area contributed by atoms with Crippen molar-refractivity contribution in [2.75, 3.05) is 4.81 Å². The van der Waals surface area contributed by atoms with Crippen LogP contribution in [0.25, 0.3) is 73.7 Å². The van der Waals surface area contributed by atoms with E-state index in [4.69, 9.17) is 0 Å². The Kier molecular flexibility index (Phi) is 6.76. The molecular formula is C48H30BNS2. The quantitative estimate of drug-likeness (QED) is 0.166. The highest BCUT2D eigenvalue weighted by atomic mass is 32.1. The Morgan fingerprint density at radius 1 is 0.385 bits per heavy atom. The second kappa shape index (κ2) is 11.8. The standard InChI is InChI=1S/C48H30BNS2/c1-3-13-33(14-4-1)49-43-27-25-31(35-19-11-21-39-37-17-7-9-23-45(37)51-47(35)39)29-41(43)42-30-32(26-28-44(42)50(49)34-15-5-2-6-16-34)36-20-12-22-40-38-18-8-10-24-46(38)52-48(36)40/h1-30H. The van der Waals surface area contributed by atoms with E-state index in [1.54, 1.807) is 0 Å². The summed E-state index contributed by atoms with van der Waals surface area (Å²) in [5.41, 5.74) is 12.6. The number of rotatable bonds is 4. The molecule has 0 radical (unpaired) electrons. The Morgan fingerprint density at radius 2 is 0.904 bits per heavy atom. The Bertz CT molecular complexity index is 2770. The van der Waals surface area contributed by atoms with Crippen LogP contribution in [0.15, 0.2) is 182 Å². The lowest BCUT2D eigenvalue weighted by molar-refractivity contribution is 1.36. The normalized spacial score (nSPS) is 12.5. The lowest BCUT2D eigenvalue weighted by Crippen LogP contribution is -2.57. The summed E-state index contributed by atoms with van der Waals surface area (Å²) in [6.45, 7) is 0.0112. The van der Waals surface area contributed by atoms with Gasteiger partial charge in [-0.2, -0.15) is 0 Å². The first-order valence-corrected chi connectivity index (χ1v) is 19.4. The SMILES string of the molecule is c1ccc(B2c3ccc(-c4cccc5c4sc4ccccc45)cc3-c3cc(-c4cccc5c4sc4ccccc45)ccc3N2c2ccccc2)cc1. The molecule has 0 saturated carbocycles. The van der Waals surface area contributed by atoms with E-state index in [0.29, 0.717) is 0 Å². The number of anilines is 2. The maximum absolute atomic E-state index is 2.54. The average molecular weight is 696 g/mol. The molecule has 0 fully saturated rings. The van der Waals surface area contributed by atoms with Crippen LogP contribution in [0.3, 0.4) is 0 Å². The Morgan fingerprint density at radius 3 is 1.54 bits per heavy atom. The minimum Gasteiger partial charge on any atom is -0.376 e. The first-order chi connectivity index (χ1) is 25.8. The molecule has 242 valence electrons. The molecule has 0 saturated heterocycles. The topological polar surface area (TPSA) is 3.24 Å². The van der Waals surface area contributed by atoms with Gasteiger partial charge < -0.3 is 4.81 Å². The first kappa shape index (κ1) is 29.8. The molecule has 11 rings (SSSR count). The van der Waals surface area contributed by atoms with E-state index in [1.165, 1.54) is 96.0 Å². The monoisotopic (exact) mass is 695 g/mol. The van der Waals surface area contributed by atoms with E-state index in [0.717, 1.165) is 0 Å². The van der Waals surface area contributed by atoms with Crippen LogP contribution in [0, 0.1) is 0 Å². The summed E-state index contributed by atoms with van der Waals surface area (Å²) in [5, 5.41) is 5.31. The summed E-state index contributed by atoms with van der Waals surface area (Å²) < 4.78 is 5.34. The molecule has 52 heavy (non-hydrogen) atoms. The van der Waals surface area contributed by atoms with Crippen molar-refractivity contribution < 1.29 is 0 Å². The molecule has 0 bridgehead atoms. The molecule has 8 aromatic carbocycles.